The van der Waals surface area contributed by atoms with Crippen molar-refractivity contribution in [1.29, 1.82) is 0 Å². The predicted molar refractivity (Wildman–Crippen MR) is 128 cm³/mol. The molecule has 1 aromatic rings. The number of nitrogens with one attached hydrogen (secondary N) is 3. The number of carbonyl (C=O) groups is 1. The number of sulfonamides is 1. The van der Waals surface area contributed by atoms with Gasteiger partial charge >= 0.3 is 0 Å². The highest BCUT2D eigenvalue weighted by Gasteiger charge is 2.53. The van der Waals surface area contributed by atoms with Crippen molar-refractivity contribution in [3.8, 4) is 0 Å². The maximum absolute atomic E-state index is 13.5. The van der Waals surface area contributed by atoms with Crippen molar-refractivity contribution in [2.75, 3.05) is 49.6 Å². The van der Waals surface area contributed by atoms with Gasteiger partial charge in [0.2, 0.25) is 22.4 Å². The molecule has 3 N–H and O–H groups in total. The monoisotopic (exact) mass is 533 g/mol. The molecule has 1 saturated carbocycles. The Balaban J connectivity index is 1.27. The third-order valence-corrected chi connectivity index (χ3v) is 10.2. The zero-order valence-corrected chi connectivity index (χ0v) is 20.7. The van der Waals surface area contributed by atoms with Gasteiger partial charge in [-0.25, -0.2) is 17.2 Å². The van der Waals surface area contributed by atoms with Crippen molar-refractivity contribution in [2.24, 2.45) is 11.8 Å². The average Bonchev–Trinajstić information content (AvgIpc) is 3.26. The van der Waals surface area contributed by atoms with Crippen molar-refractivity contribution in [1.82, 2.24) is 15.2 Å². The summed E-state index contributed by atoms with van der Waals surface area (Å²) in [6.45, 7) is 3.32. The number of ether oxygens (including phenoxy) is 1. The minimum atomic E-state index is -3.97. The van der Waals surface area contributed by atoms with E-state index in [1.165, 1.54) is 4.31 Å². The van der Waals surface area contributed by atoms with Gasteiger partial charge in [-0.2, -0.15) is 4.31 Å². The van der Waals surface area contributed by atoms with E-state index in [4.69, 9.17) is 16.3 Å². The van der Waals surface area contributed by atoms with Crippen LogP contribution in [0.3, 0.4) is 0 Å². The fourth-order valence-corrected chi connectivity index (χ4v) is 8.31. The lowest BCUT2D eigenvalue weighted by atomic mass is 9.79. The topological polar surface area (TPSA) is 103 Å². The Bertz CT molecular complexity index is 1060. The van der Waals surface area contributed by atoms with E-state index < -0.39 is 45.6 Å². The van der Waals surface area contributed by atoms with Gasteiger partial charge in [-0.1, -0.05) is 11.6 Å². The normalized spacial score (nSPS) is 31.8. The lowest BCUT2D eigenvalue weighted by Gasteiger charge is -2.44. The van der Waals surface area contributed by atoms with Crippen LogP contribution < -0.4 is 21.1 Å². The van der Waals surface area contributed by atoms with Crippen LogP contribution in [-0.2, 0) is 19.6 Å². The number of amides is 1. The summed E-state index contributed by atoms with van der Waals surface area (Å²) < 4.78 is 60.6. The highest BCUT2D eigenvalue weighted by atomic mass is 35.5. The van der Waals surface area contributed by atoms with Gasteiger partial charge in [0.25, 0.3) is 0 Å². The Labute approximate surface area is 208 Å². The van der Waals surface area contributed by atoms with Crippen molar-refractivity contribution >= 4 is 38.9 Å². The number of alkyl halides is 2. The standard InChI is InChI=1S/C22H30ClF2N5O4S/c23-16-11-15(1-2-17(16)29-5-7-34-8-6-29)27-22(31)18-3-4-30(18)35(32,33)19-10-13(21(24)25)9-14-12-26-28-20(14)19/h1-2,11,13-14,18-21,26,28H,3-10,12H2,(H,27,31)/t13?,14?,18-,19?,20?/m0/s1. The van der Waals surface area contributed by atoms with Crippen LogP contribution in [0.2, 0.25) is 5.02 Å². The first-order valence-electron chi connectivity index (χ1n) is 12.0. The molecule has 1 amide bonds. The van der Waals surface area contributed by atoms with Crippen molar-refractivity contribution < 1.29 is 26.7 Å². The Kier molecular flexibility index (Phi) is 7.21. The maximum Gasteiger partial charge on any atom is 0.242 e. The van der Waals surface area contributed by atoms with Crippen molar-refractivity contribution in [2.45, 2.75) is 43.0 Å². The number of hydrogen-bond acceptors (Lipinski definition) is 7. The van der Waals surface area contributed by atoms with Gasteiger partial charge in [0.05, 0.1) is 29.2 Å². The molecule has 3 saturated heterocycles. The van der Waals surface area contributed by atoms with Gasteiger partial charge in [-0.05, 0) is 43.4 Å². The number of anilines is 2. The fraction of sp³-hybridized carbons (Fsp3) is 0.682. The van der Waals surface area contributed by atoms with E-state index in [0.717, 1.165) is 18.8 Å². The van der Waals surface area contributed by atoms with E-state index in [0.29, 0.717) is 36.9 Å². The molecule has 3 heterocycles. The molecule has 4 unspecified atom stereocenters. The first kappa shape index (κ1) is 25.1. The van der Waals surface area contributed by atoms with E-state index in [2.05, 4.69) is 21.1 Å². The number of nitrogens with zero attached hydrogens (tertiary/aromatic N) is 2. The number of rotatable bonds is 6. The lowest BCUT2D eigenvalue weighted by molar-refractivity contribution is -0.122. The fourth-order valence-electron chi connectivity index (χ4n) is 5.60. The van der Waals surface area contributed by atoms with Crippen LogP contribution in [0.5, 0.6) is 0 Å². The summed E-state index contributed by atoms with van der Waals surface area (Å²) in [5.41, 5.74) is 7.21. The molecule has 1 aliphatic carbocycles. The molecular weight excluding hydrogens is 504 g/mol. The van der Waals surface area contributed by atoms with Crippen LogP contribution in [0.1, 0.15) is 19.3 Å². The lowest BCUT2D eigenvalue weighted by Crippen LogP contribution is -2.62. The molecular formula is C22H30ClF2N5O4S. The molecule has 5 rings (SSSR count). The van der Waals surface area contributed by atoms with E-state index >= 15 is 0 Å². The van der Waals surface area contributed by atoms with Gasteiger partial charge in [0.15, 0.2) is 0 Å². The molecule has 13 heteroatoms. The minimum absolute atomic E-state index is 0.126. The molecule has 5 atom stereocenters. The number of carbonyl (C=O) groups excluding carboxylic acids is 1. The van der Waals surface area contributed by atoms with E-state index in [9.17, 15) is 22.0 Å². The largest absolute Gasteiger partial charge is 0.378 e. The SMILES string of the molecule is O=C(Nc1ccc(N2CCOCC2)c(Cl)c1)[C@@H]1CCN1S(=O)(=O)C1CC(C(F)F)CC2CNNC21. The summed E-state index contributed by atoms with van der Waals surface area (Å²) in [6.07, 6.45) is -2.05. The summed E-state index contributed by atoms with van der Waals surface area (Å²) in [5, 5.41) is 2.25. The number of hydrazine groups is 1. The van der Waals surface area contributed by atoms with Gasteiger partial charge in [0.1, 0.15) is 6.04 Å². The highest BCUT2D eigenvalue weighted by molar-refractivity contribution is 7.89. The summed E-state index contributed by atoms with van der Waals surface area (Å²) in [7, 11) is -3.97. The van der Waals surface area contributed by atoms with E-state index in [1.54, 1.807) is 12.1 Å². The zero-order valence-electron chi connectivity index (χ0n) is 19.1. The van der Waals surface area contributed by atoms with Gasteiger partial charge in [-0.15, -0.1) is 0 Å². The first-order valence-corrected chi connectivity index (χ1v) is 13.8. The number of morpholine rings is 1. The molecule has 4 fully saturated rings. The van der Waals surface area contributed by atoms with Crippen LogP contribution in [0.4, 0.5) is 20.2 Å². The number of fused-ring (bicyclic) bond motifs is 1. The smallest absolute Gasteiger partial charge is 0.242 e. The third kappa shape index (κ3) is 4.88. The Morgan fingerprint density at radius 1 is 1.20 bits per heavy atom. The summed E-state index contributed by atoms with van der Waals surface area (Å²) in [5.74, 6) is -1.62. The second kappa shape index (κ2) is 10.1. The van der Waals surface area contributed by atoms with Crippen LogP contribution in [-0.4, -0.2) is 81.8 Å². The molecule has 0 bridgehead atoms. The molecule has 3 aliphatic heterocycles. The van der Waals surface area contributed by atoms with Gasteiger partial charge in [0, 0.05) is 43.8 Å². The molecule has 4 aliphatic rings. The second-order valence-corrected chi connectivity index (χ2v) is 12.1. The molecule has 0 spiro atoms. The maximum atomic E-state index is 13.5. The summed E-state index contributed by atoms with van der Waals surface area (Å²) in [4.78, 5) is 15.1. The quantitative estimate of drug-likeness (QED) is 0.511. The first-order chi connectivity index (χ1) is 16.8. The highest BCUT2D eigenvalue weighted by Crippen LogP contribution is 2.40. The molecule has 35 heavy (non-hydrogen) atoms. The molecule has 9 nitrogen and oxygen atoms in total. The van der Waals surface area contributed by atoms with Crippen molar-refractivity contribution in [3.63, 3.8) is 0 Å². The Morgan fingerprint density at radius 3 is 2.63 bits per heavy atom. The number of halogens is 3. The Morgan fingerprint density at radius 2 is 1.97 bits per heavy atom. The summed E-state index contributed by atoms with van der Waals surface area (Å²) >= 11 is 6.45. The van der Waals surface area contributed by atoms with Crippen molar-refractivity contribution in [3.05, 3.63) is 23.2 Å². The molecule has 0 aromatic heterocycles. The average molecular weight is 534 g/mol. The van der Waals surface area contributed by atoms with Crippen LogP contribution >= 0.6 is 11.6 Å². The predicted octanol–water partition coefficient (Wildman–Crippen LogP) is 1.66. The molecule has 0 radical (unpaired) electrons. The Hall–Kier alpha value is -1.57. The number of benzene rings is 1. The van der Waals surface area contributed by atoms with Crippen LogP contribution in [0, 0.1) is 11.8 Å². The van der Waals surface area contributed by atoms with Crippen LogP contribution in [0.25, 0.3) is 0 Å². The molecule has 194 valence electrons. The van der Waals surface area contributed by atoms with Gasteiger partial charge < -0.3 is 15.0 Å². The van der Waals surface area contributed by atoms with Gasteiger partial charge in [-0.3, -0.25) is 15.6 Å². The summed E-state index contributed by atoms with van der Waals surface area (Å²) in [6, 6.07) is 3.88. The third-order valence-electron chi connectivity index (χ3n) is 7.59. The van der Waals surface area contributed by atoms with E-state index in [-0.39, 0.29) is 25.3 Å². The minimum Gasteiger partial charge on any atom is -0.378 e. The second-order valence-electron chi connectivity index (χ2n) is 9.63. The van der Waals surface area contributed by atoms with Crippen LogP contribution in [0.15, 0.2) is 18.2 Å². The molecule has 1 aromatic carbocycles. The van der Waals surface area contributed by atoms with E-state index in [1.807, 2.05) is 6.07 Å². The number of hydrogen-bond donors (Lipinski definition) is 3. The zero-order chi connectivity index (χ0) is 24.7.